The summed E-state index contributed by atoms with van der Waals surface area (Å²) in [5, 5.41) is 3.75. The van der Waals surface area contributed by atoms with Crippen LogP contribution in [0.5, 0.6) is 0 Å². The largest absolute Gasteiger partial charge is 0.352 e. The summed E-state index contributed by atoms with van der Waals surface area (Å²) in [4.78, 5) is 29.0. The summed E-state index contributed by atoms with van der Waals surface area (Å²) in [5.41, 5.74) is 4.36. The molecule has 0 saturated heterocycles. The van der Waals surface area contributed by atoms with Gasteiger partial charge >= 0.3 is 0 Å². The van der Waals surface area contributed by atoms with Crippen molar-refractivity contribution in [3.05, 3.63) is 106 Å². The van der Waals surface area contributed by atoms with Gasteiger partial charge in [0, 0.05) is 30.5 Å². The fourth-order valence-corrected chi connectivity index (χ4v) is 4.24. The Labute approximate surface area is 220 Å². The molecule has 4 nitrogen and oxygen atoms in total. The lowest BCUT2D eigenvalue weighted by atomic mass is 10.0. The molecular weight excluding hydrogens is 468 g/mol. The van der Waals surface area contributed by atoms with Crippen molar-refractivity contribution in [1.82, 2.24) is 10.2 Å². The molecule has 0 aromatic heterocycles. The molecule has 0 radical (unpaired) electrons. The van der Waals surface area contributed by atoms with Crippen LogP contribution in [0.2, 0.25) is 5.02 Å². The van der Waals surface area contributed by atoms with Crippen LogP contribution in [-0.4, -0.2) is 28.8 Å². The van der Waals surface area contributed by atoms with Crippen molar-refractivity contribution in [2.24, 2.45) is 0 Å². The van der Waals surface area contributed by atoms with E-state index in [4.69, 9.17) is 11.6 Å². The van der Waals surface area contributed by atoms with Crippen molar-refractivity contribution < 1.29 is 9.59 Å². The van der Waals surface area contributed by atoms with Crippen molar-refractivity contribution in [2.75, 3.05) is 0 Å². The van der Waals surface area contributed by atoms with Gasteiger partial charge in [0.05, 0.1) is 0 Å². The molecule has 0 spiro atoms. The number of aryl methyl sites for hydroxylation is 2. The maximum atomic E-state index is 13.7. The molecule has 0 unspecified atom stereocenters. The highest BCUT2D eigenvalue weighted by molar-refractivity contribution is 6.30. The molecule has 36 heavy (non-hydrogen) atoms. The number of nitrogens with one attached hydrogen (secondary N) is 1. The number of hydrogen-bond acceptors (Lipinski definition) is 2. The average molecular weight is 505 g/mol. The second kappa shape index (κ2) is 13.8. The maximum Gasteiger partial charge on any atom is 0.243 e. The first-order valence-electron chi connectivity index (χ1n) is 12.9. The van der Waals surface area contributed by atoms with E-state index in [1.165, 1.54) is 5.56 Å². The van der Waals surface area contributed by atoms with Crippen LogP contribution in [0.15, 0.2) is 78.9 Å². The van der Waals surface area contributed by atoms with Gasteiger partial charge in [-0.1, -0.05) is 92.2 Å². The first-order chi connectivity index (χ1) is 17.4. The number of carbonyl (C=O) groups excluding carboxylic acids is 2. The lowest BCUT2D eigenvalue weighted by molar-refractivity contribution is -0.141. The van der Waals surface area contributed by atoms with E-state index in [-0.39, 0.29) is 17.9 Å². The highest BCUT2D eigenvalue weighted by Gasteiger charge is 2.30. The van der Waals surface area contributed by atoms with Crippen LogP contribution >= 0.6 is 11.6 Å². The number of rotatable bonds is 12. The van der Waals surface area contributed by atoms with Crippen molar-refractivity contribution in [3.8, 4) is 0 Å². The molecule has 3 aromatic rings. The third kappa shape index (κ3) is 8.23. The second-order valence-corrected chi connectivity index (χ2v) is 9.78. The van der Waals surface area contributed by atoms with Gasteiger partial charge in [-0.15, -0.1) is 0 Å². The molecule has 3 aromatic carbocycles. The molecule has 5 heteroatoms. The number of amides is 2. The summed E-state index contributed by atoms with van der Waals surface area (Å²) < 4.78 is 0. The molecular formula is C31H37ClN2O2. The lowest BCUT2D eigenvalue weighted by Crippen LogP contribution is -2.52. The molecule has 0 fully saturated rings. The van der Waals surface area contributed by atoms with Crippen molar-refractivity contribution >= 4 is 23.4 Å². The van der Waals surface area contributed by atoms with E-state index in [2.05, 4.69) is 36.5 Å². The van der Waals surface area contributed by atoms with Crippen LogP contribution in [0.4, 0.5) is 0 Å². The van der Waals surface area contributed by atoms with Crippen LogP contribution < -0.4 is 5.32 Å². The van der Waals surface area contributed by atoms with Gasteiger partial charge < -0.3 is 10.2 Å². The Hall–Kier alpha value is -3.11. The van der Waals surface area contributed by atoms with Crippen molar-refractivity contribution in [1.29, 1.82) is 0 Å². The molecule has 0 heterocycles. The van der Waals surface area contributed by atoms with Crippen LogP contribution in [-0.2, 0) is 35.4 Å². The molecule has 0 aliphatic rings. The predicted octanol–water partition coefficient (Wildman–Crippen LogP) is 6.39. The van der Waals surface area contributed by atoms with E-state index >= 15 is 0 Å². The fourth-order valence-electron chi connectivity index (χ4n) is 4.12. The molecule has 190 valence electrons. The van der Waals surface area contributed by atoms with Gasteiger partial charge in [-0.05, 0) is 60.6 Å². The third-order valence-electron chi connectivity index (χ3n) is 6.60. The van der Waals surface area contributed by atoms with Crippen LogP contribution in [0.1, 0.15) is 55.9 Å². The number of benzene rings is 3. The van der Waals surface area contributed by atoms with Crippen LogP contribution in [0, 0.1) is 0 Å². The fraction of sp³-hybridized carbons (Fsp3) is 0.355. The maximum absolute atomic E-state index is 13.7. The second-order valence-electron chi connectivity index (χ2n) is 9.34. The molecule has 0 aliphatic carbocycles. The minimum Gasteiger partial charge on any atom is -0.352 e. The van der Waals surface area contributed by atoms with Crippen LogP contribution in [0.3, 0.4) is 0 Å². The first-order valence-corrected chi connectivity index (χ1v) is 13.2. The summed E-state index contributed by atoms with van der Waals surface area (Å²) in [6, 6.07) is 25.2. The number of carbonyl (C=O) groups is 2. The number of hydrogen-bond donors (Lipinski definition) is 1. The molecule has 3 rings (SSSR count). The molecule has 0 bridgehead atoms. The van der Waals surface area contributed by atoms with Crippen LogP contribution in [0.25, 0.3) is 0 Å². The van der Waals surface area contributed by atoms with Gasteiger partial charge in [-0.2, -0.15) is 0 Å². The molecule has 2 atom stereocenters. The zero-order chi connectivity index (χ0) is 25.9. The van der Waals surface area contributed by atoms with E-state index in [9.17, 15) is 9.59 Å². The van der Waals surface area contributed by atoms with Gasteiger partial charge in [-0.25, -0.2) is 0 Å². The van der Waals surface area contributed by atoms with Gasteiger partial charge in [0.2, 0.25) is 11.8 Å². The Morgan fingerprint density at radius 3 is 2.06 bits per heavy atom. The third-order valence-corrected chi connectivity index (χ3v) is 6.85. The average Bonchev–Trinajstić information content (AvgIpc) is 2.91. The Kier molecular flexibility index (Phi) is 10.6. The van der Waals surface area contributed by atoms with E-state index < -0.39 is 6.04 Å². The monoisotopic (exact) mass is 504 g/mol. The standard InChI is InChI=1S/C31H37ClN2O2/c1-4-23(3)33-31(36)29(21-26-9-7-6-8-10-26)34(22-27-15-18-28(32)19-16-27)30(35)20-17-25-13-11-24(5-2)12-14-25/h6-16,18-19,23,29H,4-5,17,20-22H2,1-3H3,(H,33,36)/t23-,29+/m0/s1. The van der Waals surface area contributed by atoms with E-state index in [0.717, 1.165) is 29.5 Å². The molecule has 1 N–H and O–H groups in total. The van der Waals surface area contributed by atoms with Gasteiger partial charge in [0.15, 0.2) is 0 Å². The number of nitrogens with zero attached hydrogens (tertiary/aromatic N) is 1. The lowest BCUT2D eigenvalue weighted by Gasteiger charge is -2.32. The van der Waals surface area contributed by atoms with E-state index in [1.54, 1.807) is 4.90 Å². The van der Waals surface area contributed by atoms with E-state index in [1.807, 2.05) is 68.4 Å². The predicted molar refractivity (Wildman–Crippen MR) is 148 cm³/mol. The van der Waals surface area contributed by atoms with Gasteiger partial charge in [0.1, 0.15) is 6.04 Å². The summed E-state index contributed by atoms with van der Waals surface area (Å²) in [6.07, 6.45) is 3.23. The van der Waals surface area contributed by atoms with Crippen molar-refractivity contribution in [2.45, 2.75) is 71.5 Å². The van der Waals surface area contributed by atoms with E-state index in [0.29, 0.717) is 30.8 Å². The highest BCUT2D eigenvalue weighted by Crippen LogP contribution is 2.19. The molecule has 0 aliphatic heterocycles. The zero-order valence-electron chi connectivity index (χ0n) is 21.5. The zero-order valence-corrected chi connectivity index (χ0v) is 22.3. The summed E-state index contributed by atoms with van der Waals surface area (Å²) in [7, 11) is 0. The molecule has 0 saturated carbocycles. The Balaban J connectivity index is 1.88. The highest BCUT2D eigenvalue weighted by atomic mass is 35.5. The topological polar surface area (TPSA) is 49.4 Å². The summed E-state index contributed by atoms with van der Waals surface area (Å²) in [6.45, 7) is 6.50. The minimum absolute atomic E-state index is 0.0281. The Morgan fingerprint density at radius 2 is 1.44 bits per heavy atom. The minimum atomic E-state index is -0.618. The Morgan fingerprint density at radius 1 is 0.833 bits per heavy atom. The van der Waals surface area contributed by atoms with Gasteiger partial charge in [-0.3, -0.25) is 9.59 Å². The summed E-state index contributed by atoms with van der Waals surface area (Å²) >= 11 is 6.10. The Bertz CT molecular complexity index is 1100. The number of halogens is 1. The van der Waals surface area contributed by atoms with Crippen molar-refractivity contribution in [3.63, 3.8) is 0 Å². The SMILES string of the molecule is CCc1ccc(CCC(=O)N(Cc2ccc(Cl)cc2)[C@H](Cc2ccccc2)C(=O)N[C@@H](C)CC)cc1. The quantitative estimate of drug-likeness (QED) is 0.310. The summed E-state index contributed by atoms with van der Waals surface area (Å²) in [5.74, 6) is -0.160. The smallest absolute Gasteiger partial charge is 0.243 e. The molecule has 2 amide bonds. The first kappa shape index (κ1) is 27.5. The normalized spacial score (nSPS) is 12.6. The van der Waals surface area contributed by atoms with Gasteiger partial charge in [0.25, 0.3) is 0 Å².